The summed E-state index contributed by atoms with van der Waals surface area (Å²) in [5.41, 5.74) is 4.47. The molecular weight excluding hydrogens is 238 g/mol. The van der Waals surface area contributed by atoms with E-state index >= 15 is 0 Å². The Morgan fingerprint density at radius 3 is 2.42 bits per heavy atom. The van der Waals surface area contributed by atoms with Crippen LogP contribution in [0.5, 0.6) is 0 Å². The van der Waals surface area contributed by atoms with Gasteiger partial charge in [0.2, 0.25) is 0 Å². The maximum atomic E-state index is 8.90. The lowest BCUT2D eigenvalue weighted by atomic mass is 10.0. The lowest BCUT2D eigenvalue weighted by molar-refractivity contribution is 0.303. The van der Waals surface area contributed by atoms with E-state index in [9.17, 15) is 0 Å². The molecule has 0 fully saturated rings. The van der Waals surface area contributed by atoms with Crippen LogP contribution in [0.15, 0.2) is 30.3 Å². The number of aromatic nitrogens is 2. The average molecular weight is 257 g/mol. The Morgan fingerprint density at radius 1 is 1.05 bits per heavy atom. The van der Waals surface area contributed by atoms with Gasteiger partial charge < -0.3 is 10.0 Å². The SMILES string of the molecule is Cc1ccc(-c2ccc(N(C)CCO)nn2)cc1C. The quantitative estimate of drug-likeness (QED) is 0.912. The molecule has 0 spiro atoms. The summed E-state index contributed by atoms with van der Waals surface area (Å²) < 4.78 is 0. The molecule has 4 heteroatoms. The predicted octanol–water partition coefficient (Wildman–Crippen LogP) is 2.19. The highest BCUT2D eigenvalue weighted by Gasteiger charge is 2.05. The van der Waals surface area contributed by atoms with Crippen molar-refractivity contribution in [2.45, 2.75) is 13.8 Å². The number of hydrogen-bond acceptors (Lipinski definition) is 4. The number of likely N-dealkylation sites (N-methyl/N-ethyl adjacent to an activating group) is 1. The molecule has 1 heterocycles. The van der Waals surface area contributed by atoms with Crippen molar-refractivity contribution in [1.82, 2.24) is 10.2 Å². The van der Waals surface area contributed by atoms with Crippen LogP contribution < -0.4 is 4.90 Å². The number of aliphatic hydroxyl groups is 1. The van der Waals surface area contributed by atoms with E-state index in [1.54, 1.807) is 0 Å². The third-order valence-electron chi connectivity index (χ3n) is 3.28. The Morgan fingerprint density at radius 2 is 1.84 bits per heavy atom. The van der Waals surface area contributed by atoms with Gasteiger partial charge in [-0.1, -0.05) is 12.1 Å². The molecule has 19 heavy (non-hydrogen) atoms. The molecule has 100 valence electrons. The van der Waals surface area contributed by atoms with Crippen molar-refractivity contribution in [1.29, 1.82) is 0 Å². The van der Waals surface area contributed by atoms with Crippen LogP contribution in [0.3, 0.4) is 0 Å². The van der Waals surface area contributed by atoms with E-state index in [1.807, 2.05) is 24.1 Å². The van der Waals surface area contributed by atoms with E-state index in [0.717, 1.165) is 17.1 Å². The zero-order valence-corrected chi connectivity index (χ0v) is 11.6. The Bertz CT molecular complexity index is 552. The summed E-state index contributed by atoms with van der Waals surface area (Å²) in [6.07, 6.45) is 0. The molecule has 0 amide bonds. The van der Waals surface area contributed by atoms with Gasteiger partial charge in [-0.25, -0.2) is 0 Å². The number of rotatable bonds is 4. The van der Waals surface area contributed by atoms with Gasteiger partial charge in [0.05, 0.1) is 12.3 Å². The molecule has 0 saturated heterocycles. The lowest BCUT2D eigenvalue weighted by Crippen LogP contribution is -2.22. The van der Waals surface area contributed by atoms with Crippen molar-refractivity contribution in [2.24, 2.45) is 0 Å². The third kappa shape index (κ3) is 3.09. The van der Waals surface area contributed by atoms with Crippen molar-refractivity contribution in [3.05, 3.63) is 41.5 Å². The topological polar surface area (TPSA) is 49.2 Å². The van der Waals surface area contributed by atoms with Gasteiger partial charge in [-0.05, 0) is 43.2 Å². The standard InChI is InChI=1S/C15H19N3O/c1-11-4-5-13(10-12(11)2)14-6-7-15(17-16-14)18(3)8-9-19/h4-7,10,19H,8-9H2,1-3H3. The first kappa shape index (κ1) is 13.5. The molecule has 0 radical (unpaired) electrons. The lowest BCUT2D eigenvalue weighted by Gasteiger charge is -2.15. The molecule has 0 saturated carbocycles. The monoisotopic (exact) mass is 257 g/mol. The molecular formula is C15H19N3O. The minimum absolute atomic E-state index is 0.108. The number of aliphatic hydroxyl groups excluding tert-OH is 1. The highest BCUT2D eigenvalue weighted by Crippen LogP contribution is 2.20. The number of anilines is 1. The van der Waals surface area contributed by atoms with Crippen LogP contribution in [0.4, 0.5) is 5.82 Å². The normalized spacial score (nSPS) is 10.5. The molecule has 1 aromatic heterocycles. The largest absolute Gasteiger partial charge is 0.395 e. The molecule has 1 aromatic carbocycles. The van der Waals surface area contributed by atoms with Gasteiger partial charge in [-0.3, -0.25) is 0 Å². The minimum Gasteiger partial charge on any atom is -0.395 e. The van der Waals surface area contributed by atoms with E-state index in [1.165, 1.54) is 11.1 Å². The molecule has 0 aliphatic carbocycles. The minimum atomic E-state index is 0.108. The molecule has 0 aliphatic heterocycles. The van der Waals surface area contributed by atoms with Gasteiger partial charge in [0.25, 0.3) is 0 Å². The first-order chi connectivity index (χ1) is 9.11. The highest BCUT2D eigenvalue weighted by atomic mass is 16.3. The smallest absolute Gasteiger partial charge is 0.151 e. The summed E-state index contributed by atoms with van der Waals surface area (Å²) in [6.45, 7) is 4.85. The van der Waals surface area contributed by atoms with Gasteiger partial charge >= 0.3 is 0 Å². The van der Waals surface area contributed by atoms with Gasteiger partial charge in [0.1, 0.15) is 0 Å². The maximum Gasteiger partial charge on any atom is 0.151 e. The second kappa shape index (κ2) is 5.80. The fourth-order valence-electron chi connectivity index (χ4n) is 1.85. The summed E-state index contributed by atoms with van der Waals surface area (Å²) in [5.74, 6) is 0.765. The number of aryl methyl sites for hydroxylation is 2. The van der Waals surface area contributed by atoms with Crippen molar-refractivity contribution >= 4 is 5.82 Å². The Balaban J connectivity index is 2.24. The van der Waals surface area contributed by atoms with Crippen LogP contribution in [0.2, 0.25) is 0 Å². The van der Waals surface area contributed by atoms with E-state index in [0.29, 0.717) is 6.54 Å². The first-order valence-corrected chi connectivity index (χ1v) is 6.35. The van der Waals surface area contributed by atoms with Gasteiger partial charge in [-0.2, -0.15) is 0 Å². The van der Waals surface area contributed by atoms with E-state index in [4.69, 9.17) is 5.11 Å². The maximum absolute atomic E-state index is 8.90. The zero-order valence-electron chi connectivity index (χ0n) is 11.6. The zero-order chi connectivity index (χ0) is 13.8. The molecule has 0 atom stereocenters. The molecule has 2 aromatic rings. The van der Waals surface area contributed by atoms with Gasteiger partial charge in [0, 0.05) is 19.2 Å². The summed E-state index contributed by atoms with van der Waals surface area (Å²) in [6, 6.07) is 10.2. The van der Waals surface area contributed by atoms with Crippen molar-refractivity contribution in [3.8, 4) is 11.3 Å². The Hall–Kier alpha value is -1.94. The fourth-order valence-corrected chi connectivity index (χ4v) is 1.85. The van der Waals surface area contributed by atoms with Crippen LogP contribution in [0.1, 0.15) is 11.1 Å². The van der Waals surface area contributed by atoms with E-state index < -0.39 is 0 Å². The van der Waals surface area contributed by atoms with Crippen LogP contribution >= 0.6 is 0 Å². The van der Waals surface area contributed by atoms with E-state index in [2.05, 4.69) is 42.2 Å². The first-order valence-electron chi connectivity index (χ1n) is 6.35. The second-order valence-corrected chi connectivity index (χ2v) is 4.72. The number of nitrogens with zero attached hydrogens (tertiary/aromatic N) is 3. The molecule has 0 unspecified atom stereocenters. The van der Waals surface area contributed by atoms with Crippen LogP contribution in [0.25, 0.3) is 11.3 Å². The third-order valence-corrected chi connectivity index (χ3v) is 3.28. The Kier molecular flexibility index (Phi) is 4.12. The molecule has 0 aliphatic rings. The second-order valence-electron chi connectivity index (χ2n) is 4.72. The number of benzene rings is 1. The molecule has 4 nitrogen and oxygen atoms in total. The van der Waals surface area contributed by atoms with E-state index in [-0.39, 0.29) is 6.61 Å². The van der Waals surface area contributed by atoms with Gasteiger partial charge in [0.15, 0.2) is 5.82 Å². The van der Waals surface area contributed by atoms with Crippen molar-refractivity contribution < 1.29 is 5.11 Å². The summed E-state index contributed by atoms with van der Waals surface area (Å²) >= 11 is 0. The van der Waals surface area contributed by atoms with Crippen molar-refractivity contribution in [2.75, 3.05) is 25.1 Å². The van der Waals surface area contributed by atoms with Crippen molar-refractivity contribution in [3.63, 3.8) is 0 Å². The van der Waals surface area contributed by atoms with Crippen LogP contribution in [-0.2, 0) is 0 Å². The molecule has 1 N–H and O–H groups in total. The summed E-state index contributed by atoms with van der Waals surface area (Å²) in [5, 5.41) is 17.3. The van der Waals surface area contributed by atoms with Crippen LogP contribution in [0, 0.1) is 13.8 Å². The molecule has 0 bridgehead atoms. The predicted molar refractivity (Wildman–Crippen MR) is 77.3 cm³/mol. The van der Waals surface area contributed by atoms with Crippen LogP contribution in [-0.4, -0.2) is 35.5 Å². The van der Waals surface area contributed by atoms with Gasteiger partial charge in [-0.15, -0.1) is 10.2 Å². The molecule has 2 rings (SSSR count). The summed E-state index contributed by atoms with van der Waals surface area (Å²) in [4.78, 5) is 1.87. The fraction of sp³-hybridized carbons (Fsp3) is 0.333. The summed E-state index contributed by atoms with van der Waals surface area (Å²) in [7, 11) is 1.88. The Labute approximate surface area is 113 Å². The highest BCUT2D eigenvalue weighted by molar-refractivity contribution is 5.61. The number of hydrogen-bond donors (Lipinski definition) is 1. The average Bonchev–Trinajstić information content (AvgIpc) is 2.42.